The number of nitrogens with one attached hydrogen (secondary N) is 3. The van der Waals surface area contributed by atoms with Gasteiger partial charge < -0.3 is 16.5 Å². The summed E-state index contributed by atoms with van der Waals surface area (Å²) in [7, 11) is 0. The van der Waals surface area contributed by atoms with Crippen LogP contribution in [0.1, 0.15) is 16.7 Å². The van der Waals surface area contributed by atoms with Crippen molar-refractivity contribution in [2.45, 2.75) is 25.2 Å². The summed E-state index contributed by atoms with van der Waals surface area (Å²) in [6.45, 7) is 0.913. The van der Waals surface area contributed by atoms with Gasteiger partial charge in [-0.3, -0.25) is 0 Å². The Balaban J connectivity index is 1.38. The molecule has 0 aliphatic carbocycles. The number of hydrogen-bond acceptors (Lipinski definition) is 6. The molecule has 0 spiro atoms. The van der Waals surface area contributed by atoms with Crippen molar-refractivity contribution in [3.05, 3.63) is 64.9 Å². The van der Waals surface area contributed by atoms with Crippen molar-refractivity contribution in [2.75, 3.05) is 17.3 Å². The zero-order valence-corrected chi connectivity index (χ0v) is 16.8. The average Bonchev–Trinajstić information content (AvgIpc) is 3.37. The highest BCUT2D eigenvalue weighted by Crippen LogP contribution is 2.34. The Labute approximate surface area is 178 Å². The lowest BCUT2D eigenvalue weighted by atomic mass is 10.0. The van der Waals surface area contributed by atoms with Gasteiger partial charge in [0.1, 0.15) is 0 Å². The monoisotopic (exact) mass is 455 g/mol. The number of halogens is 5. The smallest absolute Gasteiger partial charge is 0.360 e. The van der Waals surface area contributed by atoms with Gasteiger partial charge in [-0.25, -0.2) is 19.2 Å². The molecule has 31 heavy (non-hydrogen) atoms. The molecule has 4 rings (SSSR count). The molecule has 0 radical (unpaired) electrons. The molecule has 2 heterocycles. The Morgan fingerprint density at radius 2 is 1.97 bits per heavy atom. The first-order valence-electron chi connectivity index (χ1n) is 9.34. The van der Waals surface area contributed by atoms with Crippen LogP contribution in [0.15, 0.2) is 36.5 Å². The van der Waals surface area contributed by atoms with Gasteiger partial charge >= 0.3 is 6.18 Å². The molecule has 11 heteroatoms. The van der Waals surface area contributed by atoms with Crippen molar-refractivity contribution in [2.24, 2.45) is 5.73 Å². The van der Waals surface area contributed by atoms with Crippen LogP contribution in [0.5, 0.6) is 0 Å². The first-order chi connectivity index (χ1) is 14.7. The Hall–Kier alpha value is -2.76. The lowest BCUT2D eigenvalue weighted by Gasteiger charge is -2.15. The summed E-state index contributed by atoms with van der Waals surface area (Å²) in [6, 6.07) is 6.81. The zero-order valence-electron chi connectivity index (χ0n) is 16.0. The van der Waals surface area contributed by atoms with E-state index < -0.39 is 29.4 Å². The third-order valence-electron chi connectivity index (χ3n) is 4.86. The van der Waals surface area contributed by atoms with Crippen molar-refractivity contribution in [1.82, 2.24) is 10.4 Å². The minimum atomic E-state index is -4.96. The van der Waals surface area contributed by atoms with E-state index in [1.807, 2.05) is 12.1 Å². The lowest BCUT2D eigenvalue weighted by Crippen LogP contribution is -2.31. The normalized spacial score (nSPS) is 14.3. The maximum absolute atomic E-state index is 14.0. The Kier molecular flexibility index (Phi) is 5.82. The molecule has 0 saturated carbocycles. The van der Waals surface area contributed by atoms with Crippen molar-refractivity contribution in [1.29, 1.82) is 0 Å². The van der Waals surface area contributed by atoms with Crippen LogP contribution in [-0.2, 0) is 19.1 Å². The fourth-order valence-electron chi connectivity index (χ4n) is 3.28. The fraction of sp³-hybridized carbons (Fsp3) is 0.250. The Morgan fingerprint density at radius 1 is 1.16 bits per heavy atom. The maximum Gasteiger partial charge on any atom is 0.419 e. The number of nitrogens with zero attached hydrogens (tertiary/aromatic N) is 1. The molecule has 3 aromatic rings. The number of fused-ring (bicyclic) bond motifs is 1. The van der Waals surface area contributed by atoms with Gasteiger partial charge in [-0.1, -0.05) is 23.5 Å². The number of aromatic nitrogens is 1. The molecular weight excluding hydrogens is 437 g/mol. The predicted octanol–water partition coefficient (Wildman–Crippen LogP) is 4.52. The minimum Gasteiger partial charge on any atom is -0.360 e. The van der Waals surface area contributed by atoms with Crippen molar-refractivity contribution in [3.63, 3.8) is 0 Å². The standard InChI is InChI=1S/C20H18F5N5S/c21-17-11(1-3-14(18(17)22)20(23,24)25)6-13(26)8-27-19-28-9-16(31-19)10-2-4-15-12(5-10)7-29-30-15/h1-5,9,13,29-30H,6-8,26H2,(H,27,28). The molecule has 5 nitrogen and oxygen atoms in total. The predicted molar refractivity (Wildman–Crippen MR) is 110 cm³/mol. The second-order valence-corrected chi connectivity index (χ2v) is 8.15. The van der Waals surface area contributed by atoms with Crippen molar-refractivity contribution >= 4 is 22.2 Å². The highest BCUT2D eigenvalue weighted by atomic mass is 32.1. The SMILES string of the molecule is NC(CNc1ncc(-c2ccc3c(c2)CNN3)s1)Cc1ccc(C(F)(F)F)c(F)c1F. The van der Waals surface area contributed by atoms with Gasteiger partial charge in [-0.05, 0) is 41.3 Å². The minimum absolute atomic E-state index is 0.128. The third kappa shape index (κ3) is 4.63. The topological polar surface area (TPSA) is 75.0 Å². The summed E-state index contributed by atoms with van der Waals surface area (Å²) >= 11 is 1.41. The Bertz CT molecular complexity index is 1100. The number of thiazole rings is 1. The molecule has 0 bridgehead atoms. The summed E-state index contributed by atoms with van der Waals surface area (Å²) < 4.78 is 65.8. The van der Waals surface area contributed by atoms with E-state index >= 15 is 0 Å². The van der Waals surface area contributed by atoms with E-state index in [0.717, 1.165) is 34.3 Å². The first-order valence-corrected chi connectivity index (χ1v) is 10.2. The molecule has 0 amide bonds. The van der Waals surface area contributed by atoms with Crippen LogP contribution < -0.4 is 21.9 Å². The first kappa shape index (κ1) is 21.5. The van der Waals surface area contributed by atoms with E-state index in [9.17, 15) is 22.0 Å². The summed E-state index contributed by atoms with van der Waals surface area (Å²) in [4.78, 5) is 5.24. The number of benzene rings is 2. The van der Waals surface area contributed by atoms with E-state index in [0.29, 0.717) is 11.2 Å². The van der Waals surface area contributed by atoms with Crippen molar-refractivity contribution in [3.8, 4) is 10.4 Å². The second-order valence-electron chi connectivity index (χ2n) is 7.12. The second kappa shape index (κ2) is 8.40. The van der Waals surface area contributed by atoms with Gasteiger partial charge in [0.05, 0.1) is 16.1 Å². The molecular formula is C20H18F5N5S. The molecule has 164 valence electrons. The van der Waals surface area contributed by atoms with Crippen LogP contribution in [0.3, 0.4) is 0 Å². The van der Waals surface area contributed by atoms with E-state index in [2.05, 4.69) is 27.2 Å². The van der Waals surface area contributed by atoms with Crippen LogP contribution in [0.25, 0.3) is 10.4 Å². The molecule has 5 N–H and O–H groups in total. The zero-order chi connectivity index (χ0) is 22.2. The number of anilines is 2. The molecule has 0 fully saturated rings. The largest absolute Gasteiger partial charge is 0.419 e. The number of hydrazine groups is 1. The quantitative estimate of drug-likeness (QED) is 0.412. The number of hydrogen-bond donors (Lipinski definition) is 4. The van der Waals surface area contributed by atoms with Crippen LogP contribution in [0.2, 0.25) is 0 Å². The van der Waals surface area contributed by atoms with E-state index in [4.69, 9.17) is 5.73 Å². The summed E-state index contributed by atoms with van der Waals surface area (Å²) in [5, 5.41) is 3.64. The van der Waals surface area contributed by atoms with E-state index in [-0.39, 0.29) is 18.5 Å². The number of alkyl halides is 3. The molecule has 1 aromatic heterocycles. The van der Waals surface area contributed by atoms with Crippen LogP contribution in [-0.4, -0.2) is 17.6 Å². The maximum atomic E-state index is 14.0. The highest BCUT2D eigenvalue weighted by Gasteiger charge is 2.36. The third-order valence-corrected chi connectivity index (χ3v) is 5.87. The Morgan fingerprint density at radius 3 is 2.74 bits per heavy atom. The van der Waals surface area contributed by atoms with E-state index in [1.165, 1.54) is 11.3 Å². The molecule has 1 aliphatic rings. The van der Waals surface area contributed by atoms with Crippen LogP contribution in [0, 0.1) is 11.6 Å². The van der Waals surface area contributed by atoms with Gasteiger partial charge in [0.25, 0.3) is 0 Å². The fourth-order valence-corrected chi connectivity index (χ4v) is 4.10. The highest BCUT2D eigenvalue weighted by molar-refractivity contribution is 7.18. The van der Waals surface area contributed by atoms with Gasteiger partial charge in [0.2, 0.25) is 0 Å². The van der Waals surface area contributed by atoms with Crippen LogP contribution >= 0.6 is 11.3 Å². The number of rotatable bonds is 6. The summed E-state index contributed by atoms with van der Waals surface area (Å²) in [6.07, 6.45) is -3.36. The van der Waals surface area contributed by atoms with E-state index in [1.54, 1.807) is 6.20 Å². The van der Waals surface area contributed by atoms with Gasteiger partial charge in [-0.2, -0.15) is 13.2 Å². The van der Waals surface area contributed by atoms with Gasteiger partial charge in [0, 0.05) is 25.3 Å². The molecule has 1 atom stereocenters. The molecule has 2 aromatic carbocycles. The van der Waals surface area contributed by atoms with Crippen molar-refractivity contribution < 1.29 is 22.0 Å². The average molecular weight is 455 g/mol. The molecule has 0 saturated heterocycles. The van der Waals surface area contributed by atoms with Crippen LogP contribution in [0.4, 0.5) is 32.8 Å². The number of nitrogens with two attached hydrogens (primary N) is 1. The lowest BCUT2D eigenvalue weighted by molar-refractivity contribution is -0.140. The van der Waals surface area contributed by atoms with Gasteiger partial charge in [0.15, 0.2) is 16.8 Å². The summed E-state index contributed by atoms with van der Waals surface area (Å²) in [5.74, 6) is -3.43. The van der Waals surface area contributed by atoms with Gasteiger partial charge in [-0.15, -0.1) is 0 Å². The molecule has 1 aliphatic heterocycles. The summed E-state index contributed by atoms with van der Waals surface area (Å²) in [5.41, 5.74) is 13.4. The molecule has 1 unspecified atom stereocenters.